The topological polar surface area (TPSA) is 134 Å². The maximum atomic E-state index is 13.3. The first-order valence-electron chi connectivity index (χ1n) is 10.8. The third-order valence-electron chi connectivity index (χ3n) is 4.99. The zero-order chi connectivity index (χ0) is 24.9. The minimum atomic E-state index is -0.755. The van der Waals surface area contributed by atoms with Gasteiger partial charge in [-0.2, -0.15) is 14.8 Å². The average molecular weight is 480 g/mol. The van der Waals surface area contributed by atoms with Crippen LogP contribution >= 0.6 is 0 Å². The molecule has 180 valence electrons. The van der Waals surface area contributed by atoms with Crippen LogP contribution in [0.15, 0.2) is 62.6 Å². The van der Waals surface area contributed by atoms with Gasteiger partial charge in [0.15, 0.2) is 5.69 Å². The second kappa shape index (κ2) is 10.1. The normalized spacial score (nSPS) is 10.8. The van der Waals surface area contributed by atoms with Gasteiger partial charge in [0, 0.05) is 18.7 Å². The SMILES string of the molecule is CCOc1ccccc1CNC(=O)c1nc(-c2nn(-c3ccc(F)cc3)c(=O)n(CC)c2=O)no1. The fraction of sp³-hybridized carbons (Fsp3) is 0.217. The van der Waals surface area contributed by atoms with Crippen molar-refractivity contribution in [2.24, 2.45) is 0 Å². The maximum Gasteiger partial charge on any atom is 0.352 e. The molecule has 0 unspecified atom stereocenters. The van der Waals surface area contributed by atoms with Gasteiger partial charge in [0.1, 0.15) is 11.6 Å². The molecule has 0 saturated heterocycles. The quantitative estimate of drug-likeness (QED) is 0.404. The van der Waals surface area contributed by atoms with Crippen molar-refractivity contribution >= 4 is 5.91 Å². The third kappa shape index (κ3) is 4.86. The number of rotatable bonds is 8. The van der Waals surface area contributed by atoms with Crippen molar-refractivity contribution in [1.82, 2.24) is 29.8 Å². The number of amides is 1. The third-order valence-corrected chi connectivity index (χ3v) is 4.99. The van der Waals surface area contributed by atoms with E-state index in [9.17, 15) is 18.8 Å². The molecule has 35 heavy (non-hydrogen) atoms. The number of carbonyl (C=O) groups excluding carboxylic acids is 1. The van der Waals surface area contributed by atoms with Crippen LogP contribution in [0.1, 0.15) is 30.1 Å². The first-order valence-corrected chi connectivity index (χ1v) is 10.8. The van der Waals surface area contributed by atoms with E-state index >= 15 is 0 Å². The molecular weight excluding hydrogens is 459 g/mol. The van der Waals surface area contributed by atoms with Crippen molar-refractivity contribution in [3.63, 3.8) is 0 Å². The Morgan fingerprint density at radius 2 is 1.86 bits per heavy atom. The van der Waals surface area contributed by atoms with Gasteiger partial charge in [0.25, 0.3) is 5.56 Å². The van der Waals surface area contributed by atoms with E-state index in [2.05, 4.69) is 20.6 Å². The molecule has 2 aromatic heterocycles. The van der Waals surface area contributed by atoms with Gasteiger partial charge in [-0.15, -0.1) is 0 Å². The molecule has 1 N–H and O–H groups in total. The van der Waals surface area contributed by atoms with E-state index < -0.39 is 28.9 Å². The molecule has 1 amide bonds. The van der Waals surface area contributed by atoms with Crippen molar-refractivity contribution in [3.8, 4) is 23.0 Å². The Kier molecular flexibility index (Phi) is 6.81. The van der Waals surface area contributed by atoms with Crippen molar-refractivity contribution in [2.45, 2.75) is 26.9 Å². The number of halogens is 1. The van der Waals surface area contributed by atoms with Gasteiger partial charge in [-0.25, -0.2) is 9.18 Å². The smallest absolute Gasteiger partial charge is 0.352 e. The summed E-state index contributed by atoms with van der Waals surface area (Å²) in [5.41, 5.74) is -0.799. The van der Waals surface area contributed by atoms with E-state index in [1.54, 1.807) is 19.1 Å². The summed E-state index contributed by atoms with van der Waals surface area (Å²) in [5, 5.41) is 10.4. The molecule has 0 spiro atoms. The Morgan fingerprint density at radius 3 is 2.57 bits per heavy atom. The molecule has 0 radical (unpaired) electrons. The first-order chi connectivity index (χ1) is 16.9. The maximum absolute atomic E-state index is 13.3. The number of aromatic nitrogens is 5. The minimum absolute atomic E-state index is 0.0405. The lowest BCUT2D eigenvalue weighted by molar-refractivity contribution is 0.0906. The van der Waals surface area contributed by atoms with Crippen LogP contribution in [0.4, 0.5) is 4.39 Å². The first kappa shape index (κ1) is 23.5. The lowest BCUT2D eigenvalue weighted by Gasteiger charge is -2.10. The molecule has 0 aliphatic rings. The number of hydrogen-bond acceptors (Lipinski definition) is 8. The molecule has 0 saturated carbocycles. The molecule has 11 nitrogen and oxygen atoms in total. The number of benzene rings is 2. The Bertz CT molecular complexity index is 1470. The van der Waals surface area contributed by atoms with Gasteiger partial charge in [0.05, 0.1) is 12.3 Å². The molecule has 4 aromatic rings. The number of carbonyl (C=O) groups is 1. The van der Waals surface area contributed by atoms with Crippen molar-refractivity contribution in [3.05, 3.63) is 86.6 Å². The highest BCUT2D eigenvalue weighted by atomic mass is 19.1. The van der Waals surface area contributed by atoms with Crippen LogP contribution in [0.2, 0.25) is 0 Å². The van der Waals surface area contributed by atoms with Crippen LogP contribution in [0.5, 0.6) is 5.75 Å². The van der Waals surface area contributed by atoms with E-state index in [4.69, 9.17) is 9.26 Å². The number of para-hydroxylation sites is 1. The van der Waals surface area contributed by atoms with Crippen LogP contribution in [0, 0.1) is 5.82 Å². The summed E-state index contributed by atoms with van der Waals surface area (Å²) in [6.45, 7) is 4.12. The van der Waals surface area contributed by atoms with Crippen LogP contribution in [0.25, 0.3) is 17.2 Å². The summed E-state index contributed by atoms with van der Waals surface area (Å²) >= 11 is 0. The molecule has 2 heterocycles. The highest BCUT2D eigenvalue weighted by Crippen LogP contribution is 2.18. The predicted molar refractivity (Wildman–Crippen MR) is 122 cm³/mol. The second-order valence-corrected chi connectivity index (χ2v) is 7.22. The van der Waals surface area contributed by atoms with Gasteiger partial charge in [-0.05, 0) is 44.2 Å². The molecule has 0 aliphatic carbocycles. The van der Waals surface area contributed by atoms with Gasteiger partial charge in [-0.3, -0.25) is 14.2 Å². The summed E-state index contributed by atoms with van der Waals surface area (Å²) in [4.78, 5) is 42.1. The van der Waals surface area contributed by atoms with Crippen LogP contribution in [-0.2, 0) is 13.1 Å². The number of hydrogen-bond donors (Lipinski definition) is 1. The molecular formula is C23H21FN6O5. The molecule has 0 atom stereocenters. The molecule has 4 rings (SSSR count). The van der Waals surface area contributed by atoms with Crippen molar-refractivity contribution in [1.29, 1.82) is 0 Å². The minimum Gasteiger partial charge on any atom is -0.494 e. The van der Waals surface area contributed by atoms with E-state index in [1.165, 1.54) is 12.1 Å². The van der Waals surface area contributed by atoms with Crippen molar-refractivity contribution in [2.75, 3.05) is 6.61 Å². The largest absolute Gasteiger partial charge is 0.494 e. The summed E-state index contributed by atoms with van der Waals surface area (Å²) in [6, 6.07) is 12.2. The second-order valence-electron chi connectivity index (χ2n) is 7.22. The van der Waals surface area contributed by atoms with E-state index in [1.807, 2.05) is 19.1 Å². The van der Waals surface area contributed by atoms with E-state index in [0.29, 0.717) is 12.4 Å². The van der Waals surface area contributed by atoms with Gasteiger partial charge in [0.2, 0.25) is 5.82 Å². The summed E-state index contributed by atoms with van der Waals surface area (Å²) in [6.07, 6.45) is 0. The standard InChI is InChI=1S/C23H21FN6O5/c1-3-29-22(32)18(27-30(23(29)33)16-11-9-15(24)10-12-16)19-26-21(35-28-19)20(31)25-13-14-7-5-6-8-17(14)34-4-2/h5-12H,3-4,13H2,1-2H3,(H,25,31). The Morgan fingerprint density at radius 1 is 1.11 bits per heavy atom. The monoisotopic (exact) mass is 480 g/mol. The average Bonchev–Trinajstić information content (AvgIpc) is 3.35. The summed E-state index contributed by atoms with van der Waals surface area (Å²) in [5.74, 6) is -1.19. The molecule has 12 heteroatoms. The molecule has 2 aromatic carbocycles. The fourth-order valence-corrected chi connectivity index (χ4v) is 3.29. The van der Waals surface area contributed by atoms with Gasteiger partial charge >= 0.3 is 17.5 Å². The molecule has 0 aliphatic heterocycles. The van der Waals surface area contributed by atoms with Gasteiger partial charge in [-0.1, -0.05) is 23.4 Å². The Labute approximate surface area is 197 Å². The Hall–Kier alpha value is -4.61. The van der Waals surface area contributed by atoms with Gasteiger partial charge < -0.3 is 14.6 Å². The van der Waals surface area contributed by atoms with E-state index in [-0.39, 0.29) is 30.3 Å². The number of ether oxygens (including phenoxy) is 1. The summed E-state index contributed by atoms with van der Waals surface area (Å²) in [7, 11) is 0. The zero-order valence-corrected chi connectivity index (χ0v) is 18.9. The number of nitrogens with one attached hydrogen (secondary N) is 1. The fourth-order valence-electron chi connectivity index (χ4n) is 3.29. The highest BCUT2D eigenvalue weighted by molar-refractivity contribution is 5.89. The van der Waals surface area contributed by atoms with Crippen LogP contribution in [-0.4, -0.2) is 37.0 Å². The lowest BCUT2D eigenvalue weighted by atomic mass is 10.2. The van der Waals surface area contributed by atoms with Crippen molar-refractivity contribution < 1.29 is 18.4 Å². The zero-order valence-electron chi connectivity index (χ0n) is 18.9. The van der Waals surface area contributed by atoms with Crippen LogP contribution in [0.3, 0.4) is 0 Å². The lowest BCUT2D eigenvalue weighted by Crippen LogP contribution is -2.41. The van der Waals surface area contributed by atoms with Crippen LogP contribution < -0.4 is 21.3 Å². The Balaban J connectivity index is 1.63. The molecule has 0 fully saturated rings. The molecule has 0 bridgehead atoms. The number of nitrogens with zero attached hydrogens (tertiary/aromatic N) is 5. The predicted octanol–water partition coefficient (Wildman–Crippen LogP) is 1.93. The van der Waals surface area contributed by atoms with E-state index in [0.717, 1.165) is 26.9 Å². The summed E-state index contributed by atoms with van der Waals surface area (Å²) < 4.78 is 25.8. The highest BCUT2D eigenvalue weighted by Gasteiger charge is 2.22.